The number of phenols is 1. The third-order valence-corrected chi connectivity index (χ3v) is 22.4. The average Bonchev–Trinajstić information content (AvgIpc) is 1.41. The summed E-state index contributed by atoms with van der Waals surface area (Å²) in [5.74, 6) is -2.12. The van der Waals surface area contributed by atoms with Gasteiger partial charge in [-0.05, 0) is 153 Å². The molecule has 9 aromatic carbocycles. The fraction of sp³-hybridized carbons (Fsp3) is 0.250. The molecule has 700 valence electrons. The number of aryl methyl sites for hydroxylation is 4. The van der Waals surface area contributed by atoms with Gasteiger partial charge in [0.05, 0.1) is 108 Å². The number of nitrogens with zero attached hydrogens (tertiary/aromatic N) is 9. The molecule has 0 radical (unpaired) electrons. The Morgan fingerprint density at radius 1 is 0.467 bits per heavy atom. The van der Waals surface area contributed by atoms with E-state index in [2.05, 4.69) is 68.3 Å². The van der Waals surface area contributed by atoms with Crippen LogP contribution in [0.25, 0.3) is 0 Å². The summed E-state index contributed by atoms with van der Waals surface area (Å²) in [6, 6.07) is 48.0. The molecule has 35 nitrogen and oxygen atoms in total. The van der Waals surface area contributed by atoms with Gasteiger partial charge in [0.1, 0.15) is 45.3 Å². The normalized spacial score (nSPS) is 15.9. The molecule has 0 saturated carbocycles. The number of allylic oxidation sites excluding steroid dienone is 6. The molecular formula is C100H94ClLiN12O23. The number of aromatic carboxylic acids is 2. The SMILES string of the molecule is CC(=O)c1c(C)ccc2c1O/C(=C\C1=NCc3ccccc31)C2=O.CC(C)(C)OC(=O)N1CCNCC1.COC(=O)c1c(C)ccc2c1OCC2=O.COC1=NCc2ccccc21.Cc1ccc2c(c1C(=O)N1CCNCC1)O/C(=C\C1=NCc3ccccc31)C2=O.Cc1ccc2c(c1C(=O)O)O/C(=C\C1=NCc3ccccc31)C2=O.N=NN=NCl.O=C1COc2c1ccc(O)c2C(=O)O.[Li+].[OH-]. The van der Waals surface area contributed by atoms with Gasteiger partial charge in [0, 0.05) is 92.8 Å². The largest absolute Gasteiger partial charge is 1.00 e. The molecule has 0 spiro atoms. The van der Waals surface area contributed by atoms with Crippen molar-refractivity contribution in [3.8, 4) is 34.5 Å². The quantitative estimate of drug-likeness (QED) is 0.0195. The van der Waals surface area contributed by atoms with Crippen molar-refractivity contribution in [1.82, 2.24) is 20.4 Å². The van der Waals surface area contributed by atoms with E-state index >= 15 is 0 Å². The first-order valence-electron chi connectivity index (χ1n) is 42.6. The molecule has 2 amide bonds. The number of rotatable bonds is 9. The second-order valence-electron chi connectivity index (χ2n) is 32.4. The Kier molecular flexibility index (Phi) is 34.0. The minimum atomic E-state index is -1.31. The minimum Gasteiger partial charge on any atom is -0.870 e. The molecule has 0 unspecified atom stereocenters. The minimum absolute atomic E-state index is 0. The number of esters is 1. The number of carbonyl (C=O) groups excluding carboxylic acids is 9. The predicted octanol–water partition coefficient (Wildman–Crippen LogP) is 12.1. The smallest absolute Gasteiger partial charge is 0.870 e. The van der Waals surface area contributed by atoms with E-state index in [4.69, 9.17) is 43.8 Å². The third-order valence-electron chi connectivity index (χ3n) is 22.3. The van der Waals surface area contributed by atoms with Crippen molar-refractivity contribution < 1.29 is 130 Å². The predicted molar refractivity (Wildman–Crippen MR) is 498 cm³/mol. The zero-order chi connectivity index (χ0) is 96.6. The van der Waals surface area contributed by atoms with Crippen LogP contribution in [0.2, 0.25) is 0 Å². The number of carboxylic acid groups (broad SMARTS) is 2. The molecule has 11 aliphatic rings. The Morgan fingerprint density at radius 3 is 1.22 bits per heavy atom. The number of piperazine rings is 2. The number of carboxylic acids is 2. The van der Waals surface area contributed by atoms with Crippen LogP contribution >= 0.6 is 11.8 Å². The van der Waals surface area contributed by atoms with Gasteiger partial charge >= 0.3 is 42.9 Å². The van der Waals surface area contributed by atoms with Crippen LogP contribution in [-0.4, -0.2) is 204 Å². The van der Waals surface area contributed by atoms with Crippen LogP contribution in [0, 0.1) is 33.2 Å². The molecule has 2 saturated heterocycles. The van der Waals surface area contributed by atoms with E-state index in [9.17, 15) is 63.0 Å². The van der Waals surface area contributed by atoms with E-state index in [1.165, 1.54) is 31.7 Å². The van der Waals surface area contributed by atoms with Crippen LogP contribution in [0.1, 0.15) is 198 Å². The molecule has 0 aliphatic carbocycles. The topological polar surface area (TPSA) is 493 Å². The summed E-state index contributed by atoms with van der Waals surface area (Å²) < 4.78 is 45.0. The Morgan fingerprint density at radius 2 is 0.825 bits per heavy atom. The van der Waals surface area contributed by atoms with Crippen LogP contribution < -0.4 is 53.2 Å². The van der Waals surface area contributed by atoms with Gasteiger partial charge in [-0.2, -0.15) is 5.53 Å². The molecule has 0 bridgehead atoms. The number of ketones is 6. The maximum Gasteiger partial charge on any atom is 1.00 e. The molecule has 0 atom stereocenters. The number of amides is 2. The Balaban J connectivity index is 0.000000155. The van der Waals surface area contributed by atoms with E-state index in [1.807, 2.05) is 137 Å². The fourth-order valence-corrected chi connectivity index (χ4v) is 15.8. The summed E-state index contributed by atoms with van der Waals surface area (Å²) in [7, 11) is 2.96. The van der Waals surface area contributed by atoms with E-state index in [-0.39, 0.29) is 141 Å². The number of nitrogens with one attached hydrogen (secondary N) is 3. The maximum absolute atomic E-state index is 13.2. The number of methoxy groups -OCH3 is 2. The van der Waals surface area contributed by atoms with E-state index in [0.29, 0.717) is 94.6 Å². The second-order valence-corrected chi connectivity index (χ2v) is 32.5. The van der Waals surface area contributed by atoms with Crippen molar-refractivity contribution in [3.05, 3.63) is 316 Å². The Bertz CT molecular complexity index is 6470. The summed E-state index contributed by atoms with van der Waals surface area (Å²) in [5, 5.41) is 38.9. The van der Waals surface area contributed by atoms with Crippen molar-refractivity contribution in [2.24, 2.45) is 35.0 Å². The second kappa shape index (κ2) is 45.6. The van der Waals surface area contributed by atoms with Crippen LogP contribution in [0.5, 0.6) is 34.5 Å². The molecule has 37 heteroatoms. The molecular weight excluding hydrogens is 1780 g/mol. The number of Topliss-reactive ketones (excluding diaryl/α,β-unsaturated/α-hetero) is 6. The van der Waals surface area contributed by atoms with E-state index < -0.39 is 23.7 Å². The Labute approximate surface area is 803 Å². The summed E-state index contributed by atoms with van der Waals surface area (Å²) >= 11 is 4.55. The van der Waals surface area contributed by atoms with E-state index in [0.717, 1.165) is 119 Å². The molecule has 0 aromatic heterocycles. The van der Waals surface area contributed by atoms with Crippen molar-refractivity contribution in [1.29, 1.82) is 5.53 Å². The molecule has 9 aromatic rings. The first-order chi connectivity index (χ1) is 64.8. The van der Waals surface area contributed by atoms with Crippen LogP contribution in [0.4, 0.5) is 4.79 Å². The van der Waals surface area contributed by atoms with Gasteiger partial charge < -0.3 is 79.1 Å². The van der Waals surface area contributed by atoms with Crippen molar-refractivity contribution in [3.63, 3.8) is 0 Å². The van der Waals surface area contributed by atoms with Gasteiger partial charge in [-0.25, -0.2) is 24.2 Å². The molecule has 2 fully saturated rings. The summed E-state index contributed by atoms with van der Waals surface area (Å²) in [4.78, 5) is 152. The van der Waals surface area contributed by atoms with Gasteiger partial charge in [-0.15, -0.1) is 0 Å². The molecule has 11 aliphatic heterocycles. The zero-order valence-electron chi connectivity index (χ0n) is 76.6. The number of ether oxygens (including phenoxy) is 8. The van der Waals surface area contributed by atoms with Gasteiger partial charge in [0.15, 0.2) is 47.8 Å². The van der Waals surface area contributed by atoms with Gasteiger partial charge in [0.25, 0.3) is 5.91 Å². The molecule has 7 N–H and O–H groups in total. The number of halogens is 1. The standard InChI is InChI=1S/C23H21N3O3.C20H15NO3.C19H13NO4.C11H10O4.C9H18N2O2.C9H9NO.C9H6O5.ClHN4.Li.H2O/c1-14-6-7-17-21(27)19(12-18-16-5-3-2-4-15(16)13-25-18)29-22(17)20(14)23(28)26-10-8-24-9-11-26;1-11-7-8-15-19(23)17(24-20(15)18(11)12(2)22)9-16-14-6-4-3-5-13(14)10-21-16;1-10-6-7-13-17(21)15(24-18(13)16(10)19(22)23)8-14-12-5-3-2-4-11(12)9-20-14;1-6-3-4-7-8(12)5-15-10(7)9(6)11(13)14-2;1-9(2,3)13-8(12)11-6-4-10-5-7-11;1-11-9-8-5-3-2-4-7(8)6-10-9;10-5-2-1-4-6(11)3-14-8(4)7(5)9(12)13;1-3-5-4-2;;/h2-7,12,24H,8-11,13H2,1H3;3-9H,10H2,1-2H3;2-8H,9H2,1H3,(H,22,23);3-4H,5H2,1-2H3;10H,4-7H2,1-3H3;2-5H,6H2,1H3;1-2,10H,3H2,(H,12,13);2H;;1H2/q;;;;;;;;+1;/p-1/b19-12-;17-9-;15-8-;;;;;;;. The fourth-order valence-electron chi connectivity index (χ4n) is 15.7. The number of aromatic hydroxyl groups is 1. The third kappa shape index (κ3) is 23.2. The van der Waals surface area contributed by atoms with E-state index in [1.54, 1.807) is 86.5 Å². The van der Waals surface area contributed by atoms with Crippen molar-refractivity contribution in [2.75, 3.05) is 79.8 Å². The summed E-state index contributed by atoms with van der Waals surface area (Å²) in [6.45, 7) is 22.7. The number of aliphatic imine (C=N–C) groups is 4. The molecule has 137 heavy (non-hydrogen) atoms. The van der Waals surface area contributed by atoms with Crippen molar-refractivity contribution >= 4 is 99.4 Å². The number of hydrogen-bond donors (Lipinski definition) is 6. The molecule has 11 heterocycles. The monoisotopic (exact) mass is 1870 g/mol. The number of benzene rings is 9. The van der Waals surface area contributed by atoms with Crippen LogP contribution in [-0.2, 0) is 40.4 Å². The zero-order valence-corrected chi connectivity index (χ0v) is 77.3. The number of hydrogen-bond acceptors (Lipinski definition) is 29. The first-order valence-corrected chi connectivity index (χ1v) is 42.9. The van der Waals surface area contributed by atoms with Gasteiger partial charge in [-0.1, -0.05) is 120 Å². The summed E-state index contributed by atoms with van der Waals surface area (Å²) in [5.41, 5.74) is 22.1. The Hall–Kier alpha value is -15.4. The van der Waals surface area contributed by atoms with Crippen LogP contribution in [0.3, 0.4) is 0 Å². The first kappa shape index (κ1) is 102. The van der Waals surface area contributed by atoms with Gasteiger partial charge in [0.2, 0.25) is 34.8 Å². The maximum atomic E-state index is 13.2. The molecule has 20 rings (SSSR count). The summed E-state index contributed by atoms with van der Waals surface area (Å²) in [6.07, 6.45) is 4.76. The number of fused-ring (bicyclic) bond motifs is 9. The number of carbonyl (C=O) groups is 11. The van der Waals surface area contributed by atoms with Gasteiger partial charge in [-0.3, -0.25) is 48.5 Å². The van der Waals surface area contributed by atoms with Crippen LogP contribution in [0.15, 0.2) is 228 Å². The van der Waals surface area contributed by atoms with Crippen molar-refractivity contribution in [2.45, 2.75) is 87.2 Å². The average molecular weight is 1870 g/mol.